The maximum Gasteiger partial charge on any atom is 0.120 e. The van der Waals surface area contributed by atoms with Gasteiger partial charge in [-0.2, -0.15) is 0 Å². The van der Waals surface area contributed by atoms with Gasteiger partial charge in [0.15, 0.2) is 0 Å². The van der Waals surface area contributed by atoms with Crippen molar-refractivity contribution in [3.63, 3.8) is 0 Å². The molecule has 0 unspecified atom stereocenters. The van der Waals surface area contributed by atoms with Gasteiger partial charge in [0.2, 0.25) is 0 Å². The molecule has 0 bridgehead atoms. The Morgan fingerprint density at radius 3 is 2.30 bits per heavy atom. The summed E-state index contributed by atoms with van der Waals surface area (Å²) in [4.78, 5) is 13.9. The van der Waals surface area contributed by atoms with E-state index < -0.39 is 6.85 Å². The Morgan fingerprint density at radius 2 is 1.62 bits per heavy atom. The van der Waals surface area contributed by atoms with Gasteiger partial charge in [0.25, 0.3) is 0 Å². The normalized spacial score (nSPS) is 12.4. The predicted molar refractivity (Wildman–Crippen MR) is 197 cm³/mol. The van der Waals surface area contributed by atoms with Crippen LogP contribution in [0.1, 0.15) is 66.0 Å². The van der Waals surface area contributed by atoms with Crippen molar-refractivity contribution in [3.8, 4) is 28.3 Å². The number of halogens is 1. The van der Waals surface area contributed by atoms with Crippen LogP contribution in [0.2, 0.25) is 0 Å². The molecule has 4 aromatic heterocycles. The molecule has 7 heteroatoms. The van der Waals surface area contributed by atoms with E-state index in [2.05, 4.69) is 91.6 Å². The zero-order valence-corrected chi connectivity index (χ0v) is 30.8. The summed E-state index contributed by atoms with van der Waals surface area (Å²) in [6.45, 7) is 8.90. The Labute approximate surface area is 309 Å². The Morgan fingerprint density at radius 1 is 0.840 bits per heavy atom. The molecule has 0 aliphatic heterocycles. The van der Waals surface area contributed by atoms with E-state index in [1.54, 1.807) is 12.1 Å². The number of pyridine rings is 2. The Kier molecular flexibility index (Phi) is 8.99. The molecule has 4 heterocycles. The van der Waals surface area contributed by atoms with Crippen LogP contribution in [0.4, 0.5) is 4.39 Å². The Balaban J connectivity index is 0.000000226. The van der Waals surface area contributed by atoms with Crippen LogP contribution in [0.3, 0.4) is 0 Å². The van der Waals surface area contributed by atoms with Crippen LogP contribution in [0, 0.1) is 31.7 Å². The zero-order valence-electron chi connectivity index (χ0n) is 31.4. The van der Waals surface area contributed by atoms with Crippen LogP contribution in [0.5, 0.6) is 0 Å². The van der Waals surface area contributed by atoms with Gasteiger partial charge >= 0.3 is 0 Å². The molecule has 0 saturated carbocycles. The van der Waals surface area contributed by atoms with Crippen LogP contribution >= 0.6 is 0 Å². The van der Waals surface area contributed by atoms with Crippen molar-refractivity contribution >= 4 is 33.0 Å². The number of benzene rings is 4. The molecule has 0 spiro atoms. The van der Waals surface area contributed by atoms with Crippen molar-refractivity contribution in [2.75, 3.05) is 0 Å². The smallest absolute Gasteiger partial charge is 0.120 e. The number of hydrogen-bond acceptors (Lipinski definition) is 4. The number of furan rings is 1. The second-order valence-corrected chi connectivity index (χ2v) is 12.7. The standard InChI is InChI=1S/C31H28N3O.C12H9FN.Ir/c1-18(2)21-11-8-12-22(19(3)4)29(21)34-28-20(5)32-17-16-26(28)33-31(34)25-14-9-13-24-23-10-6-7-15-27(23)35-30(24)25;1-9-2-7-12(14-8-9)10-3-5-11(13)6-4-10;/h6-13,15-19H,1-5H3;2-3,5-8H,1H3;/q2*-1;/i;1D3;. The summed E-state index contributed by atoms with van der Waals surface area (Å²) in [6.07, 6.45) is 3.14. The van der Waals surface area contributed by atoms with Crippen molar-refractivity contribution in [2.45, 2.75) is 53.3 Å². The first kappa shape index (κ1) is 31.0. The SMILES string of the molecule is Cc1nccc2nc(-c3[c-]ccc4c3oc3ccccc34)n(-c3c(C(C)C)cccc3C(C)C)c12.[2H]C([2H])([2H])c1ccc(-c2[c-]cc(F)cc2)nc1.[Ir]. The second-order valence-electron chi connectivity index (χ2n) is 12.7. The third-order valence-corrected chi connectivity index (χ3v) is 8.69. The summed E-state index contributed by atoms with van der Waals surface area (Å²) in [6, 6.07) is 34.2. The van der Waals surface area contributed by atoms with E-state index in [1.165, 1.54) is 41.2 Å². The molecule has 0 atom stereocenters. The number of imidazole rings is 1. The molecule has 253 valence electrons. The number of para-hydroxylation sites is 2. The molecule has 8 rings (SSSR count). The number of aromatic nitrogens is 4. The van der Waals surface area contributed by atoms with E-state index in [4.69, 9.17) is 13.5 Å². The van der Waals surface area contributed by atoms with Gasteiger partial charge in [-0.1, -0.05) is 87.2 Å². The van der Waals surface area contributed by atoms with E-state index in [9.17, 15) is 4.39 Å². The van der Waals surface area contributed by atoms with E-state index in [-0.39, 0.29) is 31.5 Å². The number of nitrogens with zero attached hydrogens (tertiary/aromatic N) is 4. The quantitative estimate of drug-likeness (QED) is 0.162. The Hall–Kier alpha value is -4.97. The van der Waals surface area contributed by atoms with Crippen LogP contribution in [-0.4, -0.2) is 19.5 Å². The van der Waals surface area contributed by atoms with E-state index in [1.807, 2.05) is 36.5 Å². The molecule has 0 amide bonds. The van der Waals surface area contributed by atoms with Gasteiger partial charge in [-0.05, 0) is 60.1 Å². The summed E-state index contributed by atoms with van der Waals surface area (Å²) in [5, 5.41) is 2.17. The topological polar surface area (TPSA) is 56.7 Å². The first-order chi connectivity index (χ1) is 24.9. The van der Waals surface area contributed by atoms with Crippen LogP contribution in [0.25, 0.3) is 61.3 Å². The molecule has 50 heavy (non-hydrogen) atoms. The fourth-order valence-corrected chi connectivity index (χ4v) is 6.31. The molecular weight excluding hydrogens is 800 g/mol. The first-order valence-corrected chi connectivity index (χ1v) is 16.4. The average molecular weight is 840 g/mol. The van der Waals surface area contributed by atoms with Crippen LogP contribution in [-0.2, 0) is 20.1 Å². The summed E-state index contributed by atoms with van der Waals surface area (Å²) in [7, 11) is 0. The molecule has 0 saturated heterocycles. The van der Waals surface area contributed by atoms with Gasteiger partial charge in [0, 0.05) is 53.5 Å². The third-order valence-electron chi connectivity index (χ3n) is 8.69. The number of hydrogen-bond donors (Lipinski definition) is 0. The maximum absolute atomic E-state index is 12.7. The molecule has 1 radical (unpaired) electrons. The third kappa shape index (κ3) is 6.51. The zero-order chi connectivity index (χ0) is 36.7. The molecule has 0 aliphatic carbocycles. The average Bonchev–Trinajstić information content (AvgIpc) is 3.71. The predicted octanol–water partition coefficient (Wildman–Crippen LogP) is 11.3. The molecule has 5 nitrogen and oxygen atoms in total. The second kappa shape index (κ2) is 14.5. The fourth-order valence-electron chi connectivity index (χ4n) is 6.31. The van der Waals surface area contributed by atoms with Crippen molar-refractivity contribution in [3.05, 3.63) is 144 Å². The summed E-state index contributed by atoms with van der Waals surface area (Å²) < 4.78 is 43.0. The summed E-state index contributed by atoms with van der Waals surface area (Å²) in [5.41, 5.74) is 10.6. The van der Waals surface area contributed by atoms with Gasteiger partial charge < -0.3 is 14.0 Å². The minimum Gasteiger partial charge on any atom is -0.501 e. The summed E-state index contributed by atoms with van der Waals surface area (Å²) >= 11 is 0. The van der Waals surface area contributed by atoms with Crippen molar-refractivity contribution in [2.24, 2.45) is 0 Å². The Bertz CT molecular complexity index is 2510. The van der Waals surface area contributed by atoms with Crippen molar-refractivity contribution in [1.82, 2.24) is 19.5 Å². The van der Waals surface area contributed by atoms with Gasteiger partial charge in [-0.25, -0.2) is 0 Å². The number of aryl methyl sites for hydroxylation is 2. The van der Waals surface area contributed by atoms with Gasteiger partial charge in [-0.3, -0.25) is 14.4 Å². The van der Waals surface area contributed by atoms with Gasteiger partial charge in [0.1, 0.15) is 5.58 Å². The van der Waals surface area contributed by atoms with Crippen molar-refractivity contribution in [1.29, 1.82) is 0 Å². The molecule has 4 aromatic carbocycles. The van der Waals surface area contributed by atoms with Gasteiger partial charge in [0.05, 0.1) is 28.1 Å². The number of rotatable bonds is 5. The first-order valence-electron chi connectivity index (χ1n) is 17.9. The number of fused-ring (bicyclic) bond motifs is 4. The molecule has 0 fully saturated rings. The van der Waals surface area contributed by atoms with E-state index in [0.29, 0.717) is 23.1 Å². The molecular formula is C43H37FIrN4O-2. The molecule has 0 aliphatic rings. The molecule has 0 N–H and O–H groups in total. The monoisotopic (exact) mass is 840 g/mol. The minimum atomic E-state index is -2.15. The van der Waals surface area contributed by atoms with E-state index in [0.717, 1.165) is 50.1 Å². The summed E-state index contributed by atoms with van der Waals surface area (Å²) in [5.74, 6) is 1.15. The van der Waals surface area contributed by atoms with Crippen LogP contribution in [0.15, 0.2) is 108 Å². The van der Waals surface area contributed by atoms with Gasteiger partial charge in [-0.15, -0.1) is 48.0 Å². The minimum absolute atomic E-state index is 0. The van der Waals surface area contributed by atoms with E-state index >= 15 is 0 Å². The maximum atomic E-state index is 12.7. The largest absolute Gasteiger partial charge is 0.501 e. The fraction of sp³-hybridized carbons (Fsp3) is 0.186. The molecule has 8 aromatic rings. The van der Waals surface area contributed by atoms with Crippen molar-refractivity contribution < 1.29 is 33.0 Å². The van der Waals surface area contributed by atoms with Crippen LogP contribution < -0.4 is 0 Å².